The van der Waals surface area contributed by atoms with E-state index in [2.05, 4.69) is 10.6 Å². The Morgan fingerprint density at radius 2 is 1.72 bits per heavy atom. The average molecular weight is 505 g/mol. The molecule has 0 aliphatic rings. The summed E-state index contributed by atoms with van der Waals surface area (Å²) >= 11 is 0. The van der Waals surface area contributed by atoms with Gasteiger partial charge in [0.1, 0.15) is 17.7 Å². The number of alkyl carbamates (subject to hydrolysis) is 1. The Morgan fingerprint density at radius 3 is 2.22 bits per heavy atom. The Bertz CT molecular complexity index is 925. The van der Waals surface area contributed by atoms with Crippen molar-refractivity contribution in [1.29, 1.82) is 0 Å². The molecule has 0 aromatic heterocycles. The monoisotopic (exact) mass is 504 g/mol. The quantitative estimate of drug-likeness (QED) is 0.374. The van der Waals surface area contributed by atoms with E-state index < -0.39 is 42.0 Å². The maximum atomic E-state index is 13.9. The highest BCUT2D eigenvalue weighted by Crippen LogP contribution is 2.28. The van der Waals surface area contributed by atoms with Crippen LogP contribution in [0.15, 0.2) is 18.2 Å². The Kier molecular flexibility index (Phi) is 11.9. The van der Waals surface area contributed by atoms with E-state index in [0.717, 1.165) is 24.0 Å². The lowest BCUT2D eigenvalue weighted by Gasteiger charge is -2.38. The summed E-state index contributed by atoms with van der Waals surface area (Å²) in [5.74, 6) is -1.66. The summed E-state index contributed by atoms with van der Waals surface area (Å²) in [7, 11) is 0. The first kappa shape index (κ1) is 30.9. The van der Waals surface area contributed by atoms with E-state index in [-0.39, 0.29) is 11.9 Å². The van der Waals surface area contributed by atoms with E-state index in [4.69, 9.17) is 10.5 Å². The second kappa shape index (κ2) is 13.8. The molecule has 36 heavy (non-hydrogen) atoms. The third-order valence-electron chi connectivity index (χ3n) is 5.92. The smallest absolute Gasteiger partial charge is 0.408 e. The van der Waals surface area contributed by atoms with E-state index in [0.29, 0.717) is 18.5 Å². The first-order valence-electron chi connectivity index (χ1n) is 12.7. The van der Waals surface area contributed by atoms with Gasteiger partial charge >= 0.3 is 6.09 Å². The van der Waals surface area contributed by atoms with Crippen molar-refractivity contribution in [2.45, 2.75) is 105 Å². The van der Waals surface area contributed by atoms with Crippen LogP contribution in [0.4, 0.5) is 4.79 Å². The second-order valence-corrected chi connectivity index (χ2v) is 10.3. The topological polar surface area (TPSA) is 131 Å². The Balaban J connectivity index is 3.54. The molecular formula is C27H44N4O5. The number of hydrogen-bond acceptors (Lipinski definition) is 5. The van der Waals surface area contributed by atoms with Crippen molar-refractivity contribution in [2.24, 2.45) is 5.73 Å². The highest BCUT2D eigenvalue weighted by molar-refractivity contribution is 5.94. The van der Waals surface area contributed by atoms with Crippen molar-refractivity contribution in [3.8, 4) is 0 Å². The number of nitrogens with zero attached hydrogens (tertiary/aromatic N) is 1. The van der Waals surface area contributed by atoms with Crippen molar-refractivity contribution in [3.05, 3.63) is 34.9 Å². The van der Waals surface area contributed by atoms with E-state index >= 15 is 0 Å². The number of nitrogens with two attached hydrogens (primary N) is 1. The first-order chi connectivity index (χ1) is 16.7. The molecule has 1 aromatic rings. The van der Waals surface area contributed by atoms with E-state index in [9.17, 15) is 19.2 Å². The van der Waals surface area contributed by atoms with Gasteiger partial charge in [0.25, 0.3) is 0 Å². The number of benzene rings is 1. The van der Waals surface area contributed by atoms with Gasteiger partial charge in [-0.15, -0.1) is 0 Å². The fraction of sp³-hybridized carbons (Fsp3) is 0.630. The van der Waals surface area contributed by atoms with Crippen molar-refractivity contribution < 1.29 is 23.9 Å². The lowest BCUT2D eigenvalue weighted by molar-refractivity contribution is -0.145. The zero-order chi connectivity index (χ0) is 27.6. The Labute approximate surface area is 215 Å². The third-order valence-corrected chi connectivity index (χ3v) is 5.92. The molecule has 0 spiro atoms. The number of primary amides is 1. The molecule has 1 aromatic carbocycles. The lowest BCUT2D eigenvalue weighted by atomic mass is 9.96. The van der Waals surface area contributed by atoms with Gasteiger partial charge in [0.2, 0.25) is 17.7 Å². The first-order valence-corrected chi connectivity index (χ1v) is 12.7. The van der Waals surface area contributed by atoms with Gasteiger partial charge in [-0.1, -0.05) is 38.5 Å². The van der Waals surface area contributed by atoms with Crippen LogP contribution in [0.25, 0.3) is 0 Å². The minimum absolute atomic E-state index is 0.324. The van der Waals surface area contributed by atoms with Crippen LogP contribution in [0.1, 0.15) is 90.0 Å². The molecule has 0 heterocycles. The van der Waals surface area contributed by atoms with Crippen LogP contribution in [-0.4, -0.2) is 52.9 Å². The molecule has 3 unspecified atom stereocenters. The summed E-state index contributed by atoms with van der Waals surface area (Å²) in [5.41, 5.74) is 7.31. The van der Waals surface area contributed by atoms with Crippen LogP contribution >= 0.6 is 0 Å². The van der Waals surface area contributed by atoms with Crippen LogP contribution in [0.3, 0.4) is 0 Å². The molecular weight excluding hydrogens is 460 g/mol. The molecule has 3 atom stereocenters. The number of nitrogens with one attached hydrogen (secondary N) is 2. The van der Waals surface area contributed by atoms with Gasteiger partial charge in [-0.2, -0.15) is 0 Å². The summed E-state index contributed by atoms with van der Waals surface area (Å²) in [6, 6.07) is 3.02. The number of amides is 4. The molecule has 0 fully saturated rings. The number of rotatable bonds is 12. The van der Waals surface area contributed by atoms with Gasteiger partial charge in [0.05, 0.1) is 6.42 Å². The summed E-state index contributed by atoms with van der Waals surface area (Å²) in [6.45, 7) is 15.2. The maximum absolute atomic E-state index is 13.9. The van der Waals surface area contributed by atoms with Crippen molar-refractivity contribution in [3.63, 3.8) is 0 Å². The summed E-state index contributed by atoms with van der Waals surface area (Å²) < 4.78 is 5.30. The van der Waals surface area contributed by atoms with Crippen LogP contribution in [-0.2, 0) is 19.1 Å². The van der Waals surface area contributed by atoms with E-state index in [1.807, 2.05) is 52.8 Å². The van der Waals surface area contributed by atoms with Gasteiger partial charge < -0.3 is 26.0 Å². The average Bonchev–Trinajstić information content (AvgIpc) is 2.76. The predicted octanol–water partition coefficient (Wildman–Crippen LogP) is 3.66. The zero-order valence-electron chi connectivity index (χ0n) is 23.1. The fourth-order valence-corrected chi connectivity index (χ4v) is 3.68. The maximum Gasteiger partial charge on any atom is 0.408 e. The number of unbranched alkanes of at least 4 members (excludes halogenated alkanes) is 1. The standard InChI is InChI=1S/C27H44N4O5/c1-9-11-14-29-24(33)23(20-13-12-17(3)18(4)15-20)31(19(5)10-2)25(34)21(16-22(28)32)30-26(35)36-27(6,7)8/h12-13,15,19,21,23H,9-11,14,16H2,1-8H3,(H2,28,32)(H,29,33)(H,30,35). The number of carbonyl (C=O) groups is 4. The minimum Gasteiger partial charge on any atom is -0.444 e. The van der Waals surface area contributed by atoms with Crippen LogP contribution in [0, 0.1) is 13.8 Å². The number of aryl methyl sites for hydroxylation is 2. The number of hydrogen-bond donors (Lipinski definition) is 3. The molecule has 0 saturated heterocycles. The zero-order valence-corrected chi connectivity index (χ0v) is 23.1. The number of ether oxygens (including phenoxy) is 1. The molecule has 0 saturated carbocycles. The van der Waals surface area contributed by atoms with Gasteiger partial charge in [0, 0.05) is 12.6 Å². The Hall–Kier alpha value is -3.10. The highest BCUT2D eigenvalue weighted by Gasteiger charge is 2.39. The summed E-state index contributed by atoms with van der Waals surface area (Å²) in [5, 5.41) is 5.44. The van der Waals surface area contributed by atoms with Crippen molar-refractivity contribution >= 4 is 23.8 Å². The largest absolute Gasteiger partial charge is 0.444 e. The van der Waals surface area contributed by atoms with Gasteiger partial charge in [-0.25, -0.2) is 4.79 Å². The molecule has 0 bridgehead atoms. The van der Waals surface area contributed by atoms with E-state index in [1.54, 1.807) is 20.8 Å². The molecule has 0 radical (unpaired) electrons. The molecule has 4 amide bonds. The minimum atomic E-state index is -1.29. The fourth-order valence-electron chi connectivity index (χ4n) is 3.68. The molecule has 202 valence electrons. The second-order valence-electron chi connectivity index (χ2n) is 10.3. The lowest BCUT2D eigenvalue weighted by Crippen LogP contribution is -2.56. The SMILES string of the molecule is CCCCNC(=O)C(c1ccc(C)c(C)c1)N(C(=O)C(CC(N)=O)NC(=O)OC(C)(C)C)C(C)CC. The van der Waals surface area contributed by atoms with Crippen molar-refractivity contribution in [1.82, 2.24) is 15.5 Å². The molecule has 1 rings (SSSR count). The van der Waals surface area contributed by atoms with Gasteiger partial charge in [-0.05, 0) is 71.1 Å². The summed E-state index contributed by atoms with van der Waals surface area (Å²) in [4.78, 5) is 53.3. The Morgan fingerprint density at radius 1 is 1.08 bits per heavy atom. The predicted molar refractivity (Wildman–Crippen MR) is 140 cm³/mol. The number of carbonyl (C=O) groups excluding carboxylic acids is 4. The van der Waals surface area contributed by atoms with Crippen LogP contribution < -0.4 is 16.4 Å². The molecule has 9 nitrogen and oxygen atoms in total. The van der Waals surface area contributed by atoms with Crippen molar-refractivity contribution in [2.75, 3.05) is 6.54 Å². The molecule has 0 aliphatic carbocycles. The third kappa shape index (κ3) is 9.51. The summed E-state index contributed by atoms with van der Waals surface area (Å²) in [6.07, 6.45) is 0.977. The van der Waals surface area contributed by atoms with E-state index in [1.165, 1.54) is 4.90 Å². The van der Waals surface area contributed by atoms with Crippen LogP contribution in [0.5, 0.6) is 0 Å². The van der Waals surface area contributed by atoms with Gasteiger partial charge in [-0.3, -0.25) is 14.4 Å². The molecule has 4 N–H and O–H groups in total. The normalized spacial score (nSPS) is 13.8. The molecule has 9 heteroatoms. The highest BCUT2D eigenvalue weighted by atomic mass is 16.6. The van der Waals surface area contributed by atoms with Crippen LogP contribution in [0.2, 0.25) is 0 Å². The molecule has 0 aliphatic heterocycles. The van der Waals surface area contributed by atoms with Gasteiger partial charge in [0.15, 0.2) is 0 Å².